The number of hydrogen-bond donors (Lipinski definition) is 0. The zero-order chi connectivity index (χ0) is 26.6. The molecule has 202 valence electrons. The van der Waals surface area contributed by atoms with Crippen molar-refractivity contribution in [3.8, 4) is 0 Å². The van der Waals surface area contributed by atoms with Crippen molar-refractivity contribution in [1.29, 1.82) is 0 Å². The van der Waals surface area contributed by atoms with E-state index in [1.807, 2.05) is 56.4 Å². The summed E-state index contributed by atoms with van der Waals surface area (Å²) in [5, 5.41) is 0. The third kappa shape index (κ3) is 9.47. The van der Waals surface area contributed by atoms with E-state index in [0.29, 0.717) is 19.5 Å². The molecule has 0 saturated carbocycles. The molecule has 1 aromatic rings. The smallest absolute Gasteiger partial charge is 0.410 e. The van der Waals surface area contributed by atoms with Gasteiger partial charge in [-0.3, -0.25) is 9.78 Å². The summed E-state index contributed by atoms with van der Waals surface area (Å²) in [4.78, 5) is 33.8. The van der Waals surface area contributed by atoms with Gasteiger partial charge in [0.2, 0.25) is 0 Å². The van der Waals surface area contributed by atoms with E-state index in [0.717, 1.165) is 50.0 Å². The van der Waals surface area contributed by atoms with Crippen LogP contribution in [0.4, 0.5) is 4.79 Å². The number of piperazine rings is 1. The average Bonchev–Trinajstić information content (AvgIpc) is 2.89. The molecule has 1 amide bonds. The summed E-state index contributed by atoms with van der Waals surface area (Å²) in [6.45, 7) is 9.24. The van der Waals surface area contributed by atoms with Gasteiger partial charge in [0.1, 0.15) is 12.2 Å². The Morgan fingerprint density at radius 3 is 2.68 bits per heavy atom. The first-order valence-corrected chi connectivity index (χ1v) is 13.6. The third-order valence-electron chi connectivity index (χ3n) is 7.11. The summed E-state index contributed by atoms with van der Waals surface area (Å²) >= 11 is 0. The Kier molecular flexibility index (Phi) is 11.4. The van der Waals surface area contributed by atoms with E-state index in [4.69, 9.17) is 9.47 Å². The molecular formula is C30H43N3O4. The van der Waals surface area contributed by atoms with Gasteiger partial charge in [-0.15, -0.1) is 0 Å². The molecule has 1 aromatic heterocycles. The number of pyridine rings is 1. The summed E-state index contributed by atoms with van der Waals surface area (Å²) in [5.41, 5.74) is 1.98. The van der Waals surface area contributed by atoms with Crippen molar-refractivity contribution < 1.29 is 19.1 Å². The van der Waals surface area contributed by atoms with Gasteiger partial charge in [-0.25, -0.2) is 4.79 Å². The highest BCUT2D eigenvalue weighted by molar-refractivity contribution is 5.70. The summed E-state index contributed by atoms with van der Waals surface area (Å²) in [5.74, 6) is -0.0503. The minimum Gasteiger partial charge on any atom is -0.457 e. The van der Waals surface area contributed by atoms with Gasteiger partial charge in [-0.1, -0.05) is 50.6 Å². The summed E-state index contributed by atoms with van der Waals surface area (Å²) in [7, 11) is 2.07. The van der Waals surface area contributed by atoms with Crippen molar-refractivity contribution in [2.45, 2.75) is 71.0 Å². The summed E-state index contributed by atoms with van der Waals surface area (Å²) in [6, 6.07) is 5.91. The zero-order valence-electron chi connectivity index (χ0n) is 22.8. The van der Waals surface area contributed by atoms with Crippen molar-refractivity contribution in [3.05, 3.63) is 66.0 Å². The van der Waals surface area contributed by atoms with Gasteiger partial charge in [-0.05, 0) is 57.0 Å². The topological polar surface area (TPSA) is 72.0 Å². The Labute approximate surface area is 222 Å². The minimum absolute atomic E-state index is 0.0638. The molecule has 0 spiro atoms. The molecule has 37 heavy (non-hydrogen) atoms. The second-order valence-electron chi connectivity index (χ2n) is 10.3. The fraction of sp³-hybridized carbons (Fsp3) is 0.567. The normalized spacial score (nSPS) is 26.6. The molecule has 0 N–H and O–H groups in total. The van der Waals surface area contributed by atoms with Crippen LogP contribution in [-0.4, -0.2) is 72.3 Å². The number of carbonyl (C=O) groups is 2. The first-order valence-electron chi connectivity index (χ1n) is 13.6. The number of nitrogens with zero attached hydrogens (tertiary/aromatic N) is 3. The third-order valence-corrected chi connectivity index (χ3v) is 7.11. The number of amides is 1. The van der Waals surface area contributed by atoms with Crippen molar-refractivity contribution in [2.75, 3.05) is 33.2 Å². The highest BCUT2D eigenvalue weighted by Gasteiger charge is 2.25. The number of likely N-dealkylation sites (N-methyl/N-ethyl adjacent to an activating group) is 1. The molecule has 0 unspecified atom stereocenters. The fourth-order valence-corrected chi connectivity index (χ4v) is 4.61. The van der Waals surface area contributed by atoms with Gasteiger partial charge in [0.05, 0.1) is 0 Å². The van der Waals surface area contributed by atoms with Crippen LogP contribution >= 0.6 is 0 Å². The van der Waals surface area contributed by atoms with Crippen LogP contribution in [0.15, 0.2) is 60.3 Å². The van der Waals surface area contributed by atoms with Gasteiger partial charge in [-0.2, -0.15) is 0 Å². The number of allylic oxidation sites excluding steroid dienone is 3. The van der Waals surface area contributed by atoms with E-state index in [-0.39, 0.29) is 36.1 Å². The largest absolute Gasteiger partial charge is 0.457 e. The maximum absolute atomic E-state index is 12.8. The van der Waals surface area contributed by atoms with Crippen molar-refractivity contribution >= 4 is 12.1 Å². The molecule has 4 atom stereocenters. The number of carbonyl (C=O) groups excluding carboxylic acids is 2. The molecule has 2 aliphatic heterocycles. The molecule has 1 fully saturated rings. The van der Waals surface area contributed by atoms with Crippen LogP contribution in [0, 0.1) is 5.92 Å². The second-order valence-corrected chi connectivity index (χ2v) is 10.3. The Balaban J connectivity index is 1.69. The lowest BCUT2D eigenvalue weighted by molar-refractivity contribution is -0.148. The van der Waals surface area contributed by atoms with E-state index < -0.39 is 0 Å². The molecule has 7 nitrogen and oxygen atoms in total. The van der Waals surface area contributed by atoms with Gasteiger partial charge in [0.15, 0.2) is 0 Å². The molecule has 7 heteroatoms. The zero-order valence-corrected chi connectivity index (χ0v) is 22.8. The van der Waals surface area contributed by atoms with E-state index in [9.17, 15) is 9.59 Å². The predicted molar refractivity (Wildman–Crippen MR) is 146 cm³/mol. The van der Waals surface area contributed by atoms with Crippen LogP contribution in [-0.2, 0) is 14.3 Å². The molecule has 0 aliphatic carbocycles. The molecule has 0 bridgehead atoms. The summed E-state index contributed by atoms with van der Waals surface area (Å²) < 4.78 is 11.8. The van der Waals surface area contributed by atoms with Gasteiger partial charge in [0.25, 0.3) is 0 Å². The molecular weight excluding hydrogens is 466 g/mol. The number of esters is 1. The number of aromatic nitrogens is 1. The lowest BCUT2D eigenvalue weighted by Gasteiger charge is -2.32. The van der Waals surface area contributed by atoms with Crippen molar-refractivity contribution in [1.82, 2.24) is 14.8 Å². The first-order chi connectivity index (χ1) is 17.8. The Bertz CT molecular complexity index is 951. The first kappa shape index (κ1) is 28.6. The monoisotopic (exact) mass is 509 g/mol. The van der Waals surface area contributed by atoms with Crippen molar-refractivity contribution in [2.24, 2.45) is 5.92 Å². The Morgan fingerprint density at radius 1 is 1.16 bits per heavy atom. The average molecular weight is 510 g/mol. The molecule has 3 heterocycles. The molecule has 3 rings (SSSR count). The SMILES string of the molecule is C/C(=C\C=C\[C@H](C)c1ccccn1)[C@H]1OC(=O)CCCCC[C@@H](OC(=O)N2CCN(C)CC2)/C=C\[C@@H]1C. The molecule has 0 radical (unpaired) electrons. The lowest BCUT2D eigenvalue weighted by atomic mass is 9.95. The number of rotatable bonds is 5. The number of hydrogen-bond acceptors (Lipinski definition) is 6. The van der Waals surface area contributed by atoms with E-state index in [2.05, 4.69) is 29.9 Å². The van der Waals surface area contributed by atoms with Gasteiger partial charge in [0, 0.05) is 56.3 Å². The van der Waals surface area contributed by atoms with Crippen molar-refractivity contribution in [3.63, 3.8) is 0 Å². The molecule has 2 aliphatic rings. The highest BCUT2D eigenvalue weighted by Crippen LogP contribution is 2.23. The Morgan fingerprint density at radius 2 is 1.95 bits per heavy atom. The number of ether oxygens (including phenoxy) is 2. The van der Waals surface area contributed by atoms with Crippen LogP contribution in [0.2, 0.25) is 0 Å². The highest BCUT2D eigenvalue weighted by atomic mass is 16.6. The van der Waals surface area contributed by atoms with E-state index in [1.165, 1.54) is 0 Å². The minimum atomic E-state index is -0.382. The van der Waals surface area contributed by atoms with Crippen LogP contribution in [0.25, 0.3) is 0 Å². The molecule has 0 aromatic carbocycles. The standard InChI is InChI=1S/C30H43N3O4/c1-23(27-14-8-9-18-31-27)11-10-12-24(2)29-25(3)16-17-26(13-6-5-7-15-28(34)37-29)36-30(35)33-21-19-32(4)20-22-33/h8-12,14,16-18,23,25-26,29H,5-7,13,15,19-22H2,1-4H3/b11-10+,17-16-,24-12+/t23-,25-,26+,29+/m0/s1. The lowest BCUT2D eigenvalue weighted by Crippen LogP contribution is -2.47. The quantitative estimate of drug-likeness (QED) is 0.296. The summed E-state index contributed by atoms with van der Waals surface area (Å²) in [6.07, 6.45) is 14.7. The van der Waals surface area contributed by atoms with Crippen LogP contribution in [0.5, 0.6) is 0 Å². The predicted octanol–water partition coefficient (Wildman–Crippen LogP) is 5.51. The molecule has 1 saturated heterocycles. The van der Waals surface area contributed by atoms with Gasteiger partial charge < -0.3 is 19.3 Å². The van der Waals surface area contributed by atoms with Gasteiger partial charge >= 0.3 is 12.1 Å². The maximum atomic E-state index is 12.8. The fourth-order valence-electron chi connectivity index (χ4n) is 4.61. The van der Waals surface area contributed by atoms with Crippen LogP contribution < -0.4 is 0 Å². The maximum Gasteiger partial charge on any atom is 0.410 e. The second kappa shape index (κ2) is 14.7. The van der Waals surface area contributed by atoms with Crippen LogP contribution in [0.3, 0.4) is 0 Å². The Hall–Kier alpha value is -2.93. The van der Waals surface area contributed by atoms with E-state index in [1.54, 1.807) is 11.1 Å². The number of cyclic esters (lactones) is 1. The van der Waals surface area contributed by atoms with E-state index >= 15 is 0 Å². The van der Waals surface area contributed by atoms with Crippen LogP contribution in [0.1, 0.15) is 64.5 Å².